The number of nitrogens with one attached hydrogen (secondary N) is 1. The second kappa shape index (κ2) is 15.5. The molecule has 10 nitrogen and oxygen atoms in total. The number of benzene rings is 2. The zero-order chi connectivity index (χ0) is 34.3. The molecule has 0 radical (unpaired) electrons. The second-order valence-corrected chi connectivity index (χ2v) is 13.8. The van der Waals surface area contributed by atoms with Gasteiger partial charge in [0, 0.05) is 56.0 Å². The molecule has 10 heteroatoms. The maximum Gasteiger partial charge on any atom is 0.240 e. The van der Waals surface area contributed by atoms with Crippen LogP contribution in [-0.4, -0.2) is 80.3 Å². The first-order valence-corrected chi connectivity index (χ1v) is 16.9. The minimum Gasteiger partial charge on any atom is -0.508 e. The molecule has 254 valence electrons. The fraction of sp³-hybridized carbons (Fsp3) is 0.421. The Morgan fingerprint density at radius 3 is 2.48 bits per heavy atom. The quantitative estimate of drug-likeness (QED) is 0.153. The van der Waals surface area contributed by atoms with Crippen LogP contribution >= 0.6 is 0 Å². The number of nitrogens with two attached hydrogens (primary N) is 1. The number of carbonyl (C=O) groups excluding carboxylic acids is 2. The van der Waals surface area contributed by atoms with Crippen LogP contribution in [0.3, 0.4) is 0 Å². The van der Waals surface area contributed by atoms with Crippen molar-refractivity contribution in [2.24, 2.45) is 5.73 Å². The number of amides is 2. The number of aromatic nitrogens is 3. The normalized spacial score (nSPS) is 15.7. The zero-order valence-corrected chi connectivity index (χ0v) is 28.6. The van der Waals surface area contributed by atoms with E-state index in [0.717, 1.165) is 54.1 Å². The van der Waals surface area contributed by atoms with Gasteiger partial charge in [-0.1, -0.05) is 45.0 Å². The molecule has 5 rings (SSSR count). The van der Waals surface area contributed by atoms with Gasteiger partial charge in [0.2, 0.25) is 11.8 Å². The molecule has 2 atom stereocenters. The third kappa shape index (κ3) is 8.80. The lowest BCUT2D eigenvalue weighted by Gasteiger charge is -2.32. The van der Waals surface area contributed by atoms with Crippen molar-refractivity contribution in [1.29, 1.82) is 0 Å². The van der Waals surface area contributed by atoms with Gasteiger partial charge >= 0.3 is 0 Å². The summed E-state index contributed by atoms with van der Waals surface area (Å²) >= 11 is 0. The molecule has 0 aliphatic carbocycles. The highest BCUT2D eigenvalue weighted by atomic mass is 16.3. The molecule has 3 heterocycles. The van der Waals surface area contributed by atoms with Crippen LogP contribution in [0.15, 0.2) is 79.1 Å². The van der Waals surface area contributed by atoms with Crippen molar-refractivity contribution in [1.82, 2.24) is 24.6 Å². The molecule has 0 bridgehead atoms. The van der Waals surface area contributed by atoms with Gasteiger partial charge in [0.1, 0.15) is 17.6 Å². The van der Waals surface area contributed by atoms with Gasteiger partial charge in [0.25, 0.3) is 0 Å². The van der Waals surface area contributed by atoms with Gasteiger partial charge in [-0.05, 0) is 92.2 Å². The Hall–Kier alpha value is -4.70. The molecule has 2 aromatic carbocycles. The molecule has 2 aromatic heterocycles. The first-order valence-electron chi connectivity index (χ1n) is 16.9. The molecule has 1 unspecified atom stereocenters. The van der Waals surface area contributed by atoms with Gasteiger partial charge in [0.15, 0.2) is 0 Å². The first kappa shape index (κ1) is 34.6. The summed E-state index contributed by atoms with van der Waals surface area (Å²) in [6, 6.07) is 20.6. The van der Waals surface area contributed by atoms with E-state index in [1.807, 2.05) is 22.9 Å². The lowest BCUT2D eigenvalue weighted by atomic mass is 9.87. The number of anilines is 1. The number of rotatable bonds is 14. The third-order valence-corrected chi connectivity index (χ3v) is 9.28. The van der Waals surface area contributed by atoms with Crippen LogP contribution in [0, 0.1) is 0 Å². The van der Waals surface area contributed by atoms with Gasteiger partial charge in [-0.3, -0.25) is 14.6 Å². The lowest BCUT2D eigenvalue weighted by Crippen LogP contribution is -2.50. The number of phenolic OH excluding ortho intramolecular Hbond substituents is 1. The first-order chi connectivity index (χ1) is 23.0. The van der Waals surface area contributed by atoms with Crippen LogP contribution in [0.25, 0.3) is 16.9 Å². The highest BCUT2D eigenvalue weighted by Crippen LogP contribution is 2.28. The Morgan fingerprint density at radius 2 is 1.85 bits per heavy atom. The number of carbonyl (C=O) groups is 2. The predicted octanol–water partition coefficient (Wildman–Crippen LogP) is 5.54. The van der Waals surface area contributed by atoms with Gasteiger partial charge in [-0.25, -0.2) is 4.68 Å². The van der Waals surface area contributed by atoms with Crippen molar-refractivity contribution in [2.45, 2.75) is 76.8 Å². The smallest absolute Gasteiger partial charge is 0.240 e. The van der Waals surface area contributed by atoms with E-state index in [2.05, 4.69) is 67.3 Å². The number of likely N-dealkylation sites (tertiary alicyclic amines) is 1. The van der Waals surface area contributed by atoms with E-state index in [1.54, 1.807) is 41.6 Å². The topological polar surface area (TPSA) is 130 Å². The highest BCUT2D eigenvalue weighted by Gasteiger charge is 2.30. The third-order valence-electron chi connectivity index (χ3n) is 9.28. The Balaban J connectivity index is 1.30. The van der Waals surface area contributed by atoms with E-state index < -0.39 is 11.9 Å². The summed E-state index contributed by atoms with van der Waals surface area (Å²) in [6.45, 7) is 8.60. The number of nitrogens with zero attached hydrogens (tertiary/aromatic N) is 5. The van der Waals surface area contributed by atoms with Crippen LogP contribution in [0.5, 0.6) is 5.75 Å². The summed E-state index contributed by atoms with van der Waals surface area (Å²) in [4.78, 5) is 34.9. The second-order valence-electron chi connectivity index (χ2n) is 13.8. The Morgan fingerprint density at radius 1 is 1.10 bits per heavy atom. The molecule has 2 amide bonds. The molecule has 1 aliphatic rings. The van der Waals surface area contributed by atoms with Gasteiger partial charge in [-0.15, -0.1) is 0 Å². The minimum absolute atomic E-state index is 0.0373. The molecular weight excluding hydrogens is 602 g/mol. The monoisotopic (exact) mass is 651 g/mol. The van der Waals surface area contributed by atoms with Gasteiger partial charge in [0.05, 0.1) is 11.4 Å². The summed E-state index contributed by atoms with van der Waals surface area (Å²) in [7, 11) is 2.11. The van der Waals surface area contributed by atoms with Gasteiger partial charge < -0.3 is 26.0 Å². The van der Waals surface area contributed by atoms with Crippen LogP contribution in [0.2, 0.25) is 0 Å². The van der Waals surface area contributed by atoms with E-state index >= 15 is 0 Å². The number of primary amides is 1. The molecule has 48 heavy (non-hydrogen) atoms. The van der Waals surface area contributed by atoms with E-state index in [0.29, 0.717) is 32.0 Å². The van der Waals surface area contributed by atoms with E-state index in [-0.39, 0.29) is 23.5 Å². The number of hydrogen-bond donors (Lipinski definition) is 3. The van der Waals surface area contributed by atoms with Crippen LogP contribution in [0.4, 0.5) is 5.82 Å². The lowest BCUT2D eigenvalue weighted by molar-refractivity contribution is -0.139. The summed E-state index contributed by atoms with van der Waals surface area (Å²) in [5, 5.41) is 18.2. The van der Waals surface area contributed by atoms with Crippen molar-refractivity contribution < 1.29 is 14.7 Å². The number of pyridine rings is 1. The Labute approximate surface area is 284 Å². The summed E-state index contributed by atoms with van der Waals surface area (Å²) < 4.78 is 1.89. The van der Waals surface area contributed by atoms with Crippen LogP contribution in [0.1, 0.15) is 64.0 Å². The molecule has 1 aliphatic heterocycles. The molecule has 0 spiro atoms. The van der Waals surface area contributed by atoms with Crippen molar-refractivity contribution >= 4 is 17.6 Å². The summed E-state index contributed by atoms with van der Waals surface area (Å²) in [5.74, 6) is 0.337. The number of phenols is 1. The highest BCUT2D eigenvalue weighted by molar-refractivity contribution is 5.87. The van der Waals surface area contributed by atoms with E-state index in [4.69, 9.17) is 10.8 Å². The standard InChI is InChI=1S/C38H49N7O3/c1-38(2,3)29-13-15-31(16-14-29)45-35(25-33(42-45)28-8-5-20-40-26-28)41-21-6-10-36(47)44(23-19-30-9-7-22-43(30)4)34(37(39)48)24-27-11-17-32(46)18-12-27/h5,8,11-18,20,25-26,30,34,41,46H,6-7,9-10,19,21-24H2,1-4H3,(H2,39,48)/t30?,34-/m0/s1. The predicted molar refractivity (Wildman–Crippen MR) is 190 cm³/mol. The fourth-order valence-corrected chi connectivity index (χ4v) is 6.37. The average molecular weight is 652 g/mol. The van der Waals surface area contributed by atoms with Crippen molar-refractivity contribution in [3.8, 4) is 22.7 Å². The van der Waals surface area contributed by atoms with Gasteiger partial charge in [-0.2, -0.15) is 5.10 Å². The molecule has 4 aromatic rings. The van der Waals surface area contributed by atoms with Crippen molar-refractivity contribution in [3.05, 3.63) is 90.3 Å². The maximum atomic E-state index is 13.8. The van der Waals surface area contributed by atoms with Crippen molar-refractivity contribution in [3.63, 3.8) is 0 Å². The molecular formula is C38H49N7O3. The summed E-state index contributed by atoms with van der Waals surface area (Å²) in [5.41, 5.74) is 10.7. The number of hydrogen-bond acceptors (Lipinski definition) is 7. The zero-order valence-electron chi connectivity index (χ0n) is 28.6. The fourth-order valence-electron chi connectivity index (χ4n) is 6.37. The van der Waals surface area contributed by atoms with E-state index in [9.17, 15) is 14.7 Å². The largest absolute Gasteiger partial charge is 0.508 e. The molecule has 0 saturated carbocycles. The maximum absolute atomic E-state index is 13.8. The molecule has 1 fully saturated rings. The number of aromatic hydroxyl groups is 1. The average Bonchev–Trinajstić information content (AvgIpc) is 3.69. The minimum atomic E-state index is -0.777. The molecule has 1 saturated heterocycles. The van der Waals surface area contributed by atoms with Crippen molar-refractivity contribution in [2.75, 3.05) is 32.0 Å². The SMILES string of the molecule is CN1CCCC1CCN(C(=O)CCCNc1cc(-c2cccnc2)nn1-c1ccc(C(C)(C)C)cc1)[C@@H](Cc1ccc(O)cc1)C(N)=O. The summed E-state index contributed by atoms with van der Waals surface area (Å²) in [6.07, 6.45) is 7.64. The molecule has 4 N–H and O–H groups in total. The van der Waals surface area contributed by atoms with Crippen LogP contribution < -0.4 is 11.1 Å². The Bertz CT molecular complexity index is 1650. The Kier molecular flexibility index (Phi) is 11.2. The van der Waals surface area contributed by atoms with E-state index in [1.165, 1.54) is 5.56 Å². The van der Waals surface area contributed by atoms with Crippen LogP contribution in [-0.2, 0) is 21.4 Å².